The molecule has 0 aliphatic rings. The van der Waals surface area contributed by atoms with E-state index in [2.05, 4.69) is 10.6 Å². The smallest absolute Gasteiger partial charge is 0.434 e. The fraction of sp³-hybridized carbons (Fsp3) is 0.0952. The Kier molecular flexibility index (Phi) is 6.59. The summed E-state index contributed by atoms with van der Waals surface area (Å²) in [5, 5.41) is 7.40. The van der Waals surface area contributed by atoms with Gasteiger partial charge < -0.3 is 20.1 Å². The average molecular weight is 410 g/mol. The molecule has 0 bridgehead atoms. The van der Waals surface area contributed by atoms with Gasteiger partial charge in [0.15, 0.2) is 0 Å². The van der Waals surface area contributed by atoms with Gasteiger partial charge in [-0.25, -0.2) is 4.79 Å². The summed E-state index contributed by atoms with van der Waals surface area (Å²) >= 11 is 1.36. The van der Waals surface area contributed by atoms with Gasteiger partial charge in [-0.3, -0.25) is 9.59 Å². The Labute approximate surface area is 171 Å². The van der Waals surface area contributed by atoms with Crippen LogP contribution in [-0.2, 0) is 4.74 Å². The van der Waals surface area contributed by atoms with Crippen molar-refractivity contribution in [1.29, 1.82) is 0 Å². The summed E-state index contributed by atoms with van der Waals surface area (Å²) in [6.45, 7) is 1.90. The minimum absolute atomic E-state index is 0.179. The highest BCUT2D eigenvalue weighted by Gasteiger charge is 2.10. The van der Waals surface area contributed by atoms with Crippen molar-refractivity contribution in [1.82, 2.24) is 0 Å². The zero-order valence-corrected chi connectivity index (χ0v) is 16.3. The lowest BCUT2D eigenvalue weighted by Crippen LogP contribution is -2.13. The molecule has 0 unspecified atom stereocenters. The van der Waals surface area contributed by atoms with Gasteiger partial charge in [-0.2, -0.15) is 0 Å². The number of nitrogens with one attached hydrogen (secondary N) is 2. The van der Waals surface area contributed by atoms with Crippen molar-refractivity contribution in [2.24, 2.45) is 0 Å². The molecule has 2 N–H and O–H groups in total. The normalized spacial score (nSPS) is 10.1. The maximum absolute atomic E-state index is 12.4. The number of carbonyl (C=O) groups excluding carboxylic acids is 3. The van der Waals surface area contributed by atoms with E-state index in [4.69, 9.17) is 9.47 Å². The van der Waals surface area contributed by atoms with Gasteiger partial charge in [-0.15, -0.1) is 11.3 Å². The van der Waals surface area contributed by atoms with Gasteiger partial charge in [-0.05, 0) is 66.9 Å². The molecule has 0 saturated carbocycles. The van der Waals surface area contributed by atoms with Gasteiger partial charge >= 0.3 is 6.16 Å². The molecule has 7 nitrogen and oxygen atoms in total. The van der Waals surface area contributed by atoms with Gasteiger partial charge in [0.2, 0.25) is 0 Å². The summed E-state index contributed by atoms with van der Waals surface area (Å²) in [4.78, 5) is 36.3. The third-order valence-corrected chi connectivity index (χ3v) is 4.59. The summed E-state index contributed by atoms with van der Waals surface area (Å²) in [6.07, 6.45) is -0.795. The van der Waals surface area contributed by atoms with E-state index in [0.29, 0.717) is 21.8 Å². The van der Waals surface area contributed by atoms with Gasteiger partial charge in [-0.1, -0.05) is 6.07 Å². The summed E-state index contributed by atoms with van der Waals surface area (Å²) in [5.74, 6) is -0.212. The van der Waals surface area contributed by atoms with Crippen molar-refractivity contribution >= 4 is 40.7 Å². The molecule has 0 fully saturated rings. The highest BCUT2D eigenvalue weighted by Crippen LogP contribution is 2.18. The molecule has 8 heteroatoms. The number of carbonyl (C=O) groups is 3. The molecule has 0 saturated heterocycles. The van der Waals surface area contributed by atoms with Crippen LogP contribution in [-0.4, -0.2) is 24.6 Å². The average Bonchev–Trinajstić information content (AvgIpc) is 3.25. The van der Waals surface area contributed by atoms with Crippen LogP contribution in [0.3, 0.4) is 0 Å². The highest BCUT2D eigenvalue weighted by molar-refractivity contribution is 7.12. The molecular formula is C21H18N2O5S. The maximum atomic E-state index is 12.4. The van der Waals surface area contributed by atoms with E-state index in [9.17, 15) is 14.4 Å². The van der Waals surface area contributed by atoms with Gasteiger partial charge in [0, 0.05) is 16.9 Å². The number of hydrogen-bond donors (Lipinski definition) is 2. The lowest BCUT2D eigenvalue weighted by atomic mass is 10.2. The first-order valence-electron chi connectivity index (χ1n) is 8.76. The van der Waals surface area contributed by atoms with E-state index in [0.717, 1.165) is 0 Å². The van der Waals surface area contributed by atoms with Crippen molar-refractivity contribution in [3.63, 3.8) is 0 Å². The predicted octanol–water partition coefficient (Wildman–Crippen LogP) is 4.79. The standard InChI is InChI=1S/C21H18N2O5S/c1-2-27-21(26)28-17-11-5-14(6-12-17)19(24)22-15-7-9-16(10-8-15)23-20(25)18-4-3-13-29-18/h3-13H,2H2,1H3,(H,22,24)(H,23,25). The van der Waals surface area contributed by atoms with Crippen molar-refractivity contribution < 1.29 is 23.9 Å². The van der Waals surface area contributed by atoms with E-state index < -0.39 is 6.16 Å². The second-order valence-electron chi connectivity index (χ2n) is 5.77. The molecule has 0 aliphatic heterocycles. The van der Waals surface area contributed by atoms with Gasteiger partial charge in [0.1, 0.15) is 5.75 Å². The largest absolute Gasteiger partial charge is 0.513 e. The molecule has 3 rings (SSSR count). The summed E-state index contributed by atoms with van der Waals surface area (Å²) in [5.41, 5.74) is 1.61. The molecule has 2 amide bonds. The molecule has 29 heavy (non-hydrogen) atoms. The highest BCUT2D eigenvalue weighted by atomic mass is 32.1. The quantitative estimate of drug-likeness (QED) is 0.450. The zero-order chi connectivity index (χ0) is 20.6. The fourth-order valence-electron chi connectivity index (χ4n) is 2.36. The van der Waals surface area contributed by atoms with Crippen LogP contribution in [0.25, 0.3) is 0 Å². The summed E-state index contributed by atoms with van der Waals surface area (Å²) in [7, 11) is 0. The van der Waals surface area contributed by atoms with Gasteiger partial charge in [0.05, 0.1) is 11.5 Å². The number of benzene rings is 2. The number of ether oxygens (including phenoxy) is 2. The molecule has 1 aromatic heterocycles. The minimum atomic E-state index is -0.795. The number of thiophene rings is 1. The molecule has 0 aliphatic carbocycles. The summed E-state index contributed by atoms with van der Waals surface area (Å²) in [6, 6.07) is 16.5. The first-order chi connectivity index (χ1) is 14.0. The van der Waals surface area contributed by atoms with Crippen LogP contribution < -0.4 is 15.4 Å². The molecule has 2 aromatic carbocycles. The van der Waals surface area contributed by atoms with Crippen LogP contribution in [0, 0.1) is 0 Å². The monoisotopic (exact) mass is 410 g/mol. The number of anilines is 2. The lowest BCUT2D eigenvalue weighted by molar-refractivity contribution is 0.101. The Morgan fingerprint density at radius 1 is 0.862 bits per heavy atom. The van der Waals surface area contributed by atoms with E-state index >= 15 is 0 Å². The van der Waals surface area contributed by atoms with Crippen LogP contribution in [0.5, 0.6) is 5.75 Å². The minimum Gasteiger partial charge on any atom is -0.434 e. The fourth-order valence-corrected chi connectivity index (χ4v) is 2.98. The lowest BCUT2D eigenvalue weighted by Gasteiger charge is -2.08. The van der Waals surface area contributed by atoms with Crippen molar-refractivity contribution in [2.75, 3.05) is 17.2 Å². The van der Waals surface area contributed by atoms with Crippen molar-refractivity contribution in [2.45, 2.75) is 6.92 Å². The molecule has 0 radical (unpaired) electrons. The zero-order valence-electron chi connectivity index (χ0n) is 15.5. The number of rotatable bonds is 6. The Balaban J connectivity index is 1.56. The van der Waals surface area contributed by atoms with Crippen LogP contribution >= 0.6 is 11.3 Å². The first-order valence-corrected chi connectivity index (χ1v) is 9.64. The van der Waals surface area contributed by atoms with E-state index in [1.807, 2.05) is 11.4 Å². The molecule has 0 spiro atoms. The Hall–Kier alpha value is -3.65. The second-order valence-corrected chi connectivity index (χ2v) is 6.72. The van der Waals surface area contributed by atoms with Crippen LogP contribution in [0.1, 0.15) is 27.0 Å². The SMILES string of the molecule is CCOC(=O)Oc1ccc(C(=O)Nc2ccc(NC(=O)c3cccs3)cc2)cc1. The number of hydrogen-bond acceptors (Lipinski definition) is 6. The first kappa shape index (κ1) is 20.1. The van der Waals surface area contributed by atoms with E-state index in [-0.39, 0.29) is 24.2 Å². The molecular weight excluding hydrogens is 392 g/mol. The Morgan fingerprint density at radius 3 is 2.03 bits per heavy atom. The van der Waals surface area contributed by atoms with Crippen LogP contribution in [0.2, 0.25) is 0 Å². The third-order valence-electron chi connectivity index (χ3n) is 3.73. The molecule has 1 heterocycles. The maximum Gasteiger partial charge on any atom is 0.513 e. The van der Waals surface area contributed by atoms with Crippen LogP contribution in [0.4, 0.5) is 16.2 Å². The topological polar surface area (TPSA) is 93.7 Å². The third kappa shape index (κ3) is 5.66. The van der Waals surface area contributed by atoms with Crippen molar-refractivity contribution in [3.05, 3.63) is 76.5 Å². The summed E-state index contributed by atoms with van der Waals surface area (Å²) < 4.78 is 9.64. The van der Waals surface area contributed by atoms with E-state index in [1.54, 1.807) is 49.4 Å². The van der Waals surface area contributed by atoms with Crippen molar-refractivity contribution in [3.8, 4) is 5.75 Å². The Morgan fingerprint density at radius 2 is 1.48 bits per heavy atom. The molecule has 0 atom stereocenters. The molecule has 148 valence electrons. The Bertz CT molecular complexity index is 983. The second kappa shape index (κ2) is 9.52. The van der Waals surface area contributed by atoms with E-state index in [1.165, 1.54) is 23.5 Å². The van der Waals surface area contributed by atoms with Gasteiger partial charge in [0.25, 0.3) is 11.8 Å². The predicted molar refractivity (Wildman–Crippen MR) is 111 cm³/mol. The molecule has 3 aromatic rings. The number of amides is 2. The van der Waals surface area contributed by atoms with Crippen LogP contribution in [0.15, 0.2) is 66.0 Å².